The van der Waals surface area contributed by atoms with Gasteiger partial charge in [0.15, 0.2) is 0 Å². The van der Waals surface area contributed by atoms with Gasteiger partial charge in [-0.2, -0.15) is 0 Å². The molecule has 1 unspecified atom stereocenters. The highest BCUT2D eigenvalue weighted by Crippen LogP contribution is 2.30. The number of aromatic nitrogens is 2. The van der Waals surface area contributed by atoms with Crippen LogP contribution in [0.5, 0.6) is 0 Å². The maximum atomic E-state index is 13.0. The van der Waals surface area contributed by atoms with E-state index in [1.54, 1.807) is 4.90 Å². The first kappa shape index (κ1) is 18.0. The van der Waals surface area contributed by atoms with Crippen molar-refractivity contribution in [3.8, 4) is 0 Å². The van der Waals surface area contributed by atoms with Crippen molar-refractivity contribution in [2.75, 3.05) is 20.6 Å². The van der Waals surface area contributed by atoms with Crippen molar-refractivity contribution in [3.05, 3.63) is 30.1 Å². The summed E-state index contributed by atoms with van der Waals surface area (Å²) < 4.78 is 2.04. The molecule has 0 bridgehead atoms. The number of amides is 2. The lowest BCUT2D eigenvalue weighted by atomic mass is 9.94. The minimum absolute atomic E-state index is 0.0442. The molecule has 0 N–H and O–H groups in total. The highest BCUT2D eigenvalue weighted by Gasteiger charge is 2.33. The average Bonchev–Trinajstić information content (AvgIpc) is 3.22. The largest absolute Gasteiger partial charge is 0.345 e. The molecule has 144 valence electrons. The monoisotopic (exact) mass is 368 g/mol. The summed E-state index contributed by atoms with van der Waals surface area (Å²) in [6.45, 7) is 0.950. The molecular weight excluding hydrogens is 340 g/mol. The number of rotatable bonds is 4. The Bertz CT molecular complexity index is 853. The summed E-state index contributed by atoms with van der Waals surface area (Å²) >= 11 is 0. The normalized spacial score (nSPS) is 21.2. The number of carbonyl (C=O) groups excluding carboxylic acids is 2. The van der Waals surface area contributed by atoms with Crippen LogP contribution >= 0.6 is 0 Å². The topological polar surface area (TPSA) is 58.4 Å². The minimum Gasteiger partial charge on any atom is -0.345 e. The van der Waals surface area contributed by atoms with Gasteiger partial charge in [0, 0.05) is 39.0 Å². The van der Waals surface area contributed by atoms with E-state index in [-0.39, 0.29) is 24.3 Å². The van der Waals surface area contributed by atoms with Gasteiger partial charge in [0.1, 0.15) is 12.4 Å². The lowest BCUT2D eigenvalue weighted by Crippen LogP contribution is -2.40. The summed E-state index contributed by atoms with van der Waals surface area (Å²) in [5.41, 5.74) is 1.86. The van der Waals surface area contributed by atoms with Crippen LogP contribution < -0.4 is 0 Å². The Morgan fingerprint density at radius 3 is 2.67 bits per heavy atom. The Hall–Kier alpha value is -2.37. The molecule has 2 fully saturated rings. The quantitative estimate of drug-likeness (QED) is 0.834. The van der Waals surface area contributed by atoms with Gasteiger partial charge in [-0.05, 0) is 25.0 Å². The highest BCUT2D eigenvalue weighted by atomic mass is 16.2. The number of fused-ring (bicyclic) bond motifs is 1. The second-order valence-electron chi connectivity index (χ2n) is 8.02. The molecule has 4 rings (SSSR count). The Kier molecular flexibility index (Phi) is 4.89. The van der Waals surface area contributed by atoms with Crippen molar-refractivity contribution in [1.29, 1.82) is 0 Å². The third-order valence-electron chi connectivity index (χ3n) is 6.20. The lowest BCUT2D eigenvalue weighted by molar-refractivity contribution is -0.133. The van der Waals surface area contributed by atoms with E-state index >= 15 is 0 Å². The van der Waals surface area contributed by atoms with Gasteiger partial charge < -0.3 is 14.4 Å². The Labute approximate surface area is 160 Å². The Balaban J connectivity index is 1.62. The van der Waals surface area contributed by atoms with Crippen molar-refractivity contribution in [1.82, 2.24) is 19.4 Å². The molecule has 2 aromatic rings. The molecule has 2 aliphatic rings. The molecule has 6 heteroatoms. The number of carbonyl (C=O) groups is 2. The molecule has 27 heavy (non-hydrogen) atoms. The number of benzene rings is 1. The predicted octanol–water partition coefficient (Wildman–Crippen LogP) is 2.77. The van der Waals surface area contributed by atoms with E-state index in [2.05, 4.69) is 0 Å². The van der Waals surface area contributed by atoms with E-state index in [0.717, 1.165) is 29.7 Å². The summed E-state index contributed by atoms with van der Waals surface area (Å²) in [6.07, 6.45) is 6.35. The molecule has 1 aromatic heterocycles. The van der Waals surface area contributed by atoms with Gasteiger partial charge in [-0.25, -0.2) is 4.98 Å². The Morgan fingerprint density at radius 2 is 1.96 bits per heavy atom. The van der Waals surface area contributed by atoms with E-state index in [1.807, 2.05) is 47.8 Å². The van der Waals surface area contributed by atoms with Crippen LogP contribution in [0.3, 0.4) is 0 Å². The summed E-state index contributed by atoms with van der Waals surface area (Å²) in [4.78, 5) is 33.6. The van der Waals surface area contributed by atoms with E-state index < -0.39 is 0 Å². The van der Waals surface area contributed by atoms with Gasteiger partial charge in [-0.1, -0.05) is 31.4 Å². The first-order valence-electron chi connectivity index (χ1n) is 9.99. The van der Waals surface area contributed by atoms with Crippen molar-refractivity contribution in [3.63, 3.8) is 0 Å². The highest BCUT2D eigenvalue weighted by molar-refractivity contribution is 5.83. The molecule has 0 radical (unpaired) electrons. The second-order valence-corrected chi connectivity index (χ2v) is 8.02. The fourth-order valence-corrected chi connectivity index (χ4v) is 4.53. The van der Waals surface area contributed by atoms with Gasteiger partial charge in [0.25, 0.3) is 0 Å². The van der Waals surface area contributed by atoms with Gasteiger partial charge in [-0.3, -0.25) is 9.59 Å². The molecule has 1 aliphatic carbocycles. The average molecular weight is 368 g/mol. The maximum Gasteiger partial charge on any atom is 0.242 e. The molecule has 2 amide bonds. The summed E-state index contributed by atoms with van der Waals surface area (Å²) in [7, 11) is 3.77. The van der Waals surface area contributed by atoms with Crippen LogP contribution in [0.1, 0.15) is 50.3 Å². The zero-order valence-electron chi connectivity index (χ0n) is 16.2. The fraction of sp³-hybridized carbons (Fsp3) is 0.571. The number of nitrogens with zero attached hydrogens (tertiary/aromatic N) is 4. The van der Waals surface area contributed by atoms with Crippen LogP contribution in [0.2, 0.25) is 0 Å². The van der Waals surface area contributed by atoms with E-state index in [0.29, 0.717) is 19.0 Å². The van der Waals surface area contributed by atoms with Gasteiger partial charge in [-0.15, -0.1) is 0 Å². The second kappa shape index (κ2) is 7.33. The van der Waals surface area contributed by atoms with Gasteiger partial charge in [0.05, 0.1) is 11.0 Å². The fourth-order valence-electron chi connectivity index (χ4n) is 4.53. The smallest absolute Gasteiger partial charge is 0.242 e. The molecule has 1 atom stereocenters. The zero-order valence-corrected chi connectivity index (χ0v) is 16.2. The number of likely N-dealkylation sites (N-methyl/N-ethyl adjacent to an activating group) is 2. The van der Waals surface area contributed by atoms with Crippen LogP contribution in [-0.4, -0.2) is 57.8 Å². The number of imidazole rings is 1. The number of hydrogen-bond donors (Lipinski definition) is 0. The van der Waals surface area contributed by atoms with Crippen molar-refractivity contribution in [2.45, 2.75) is 57.0 Å². The minimum atomic E-state index is 0.0442. The Morgan fingerprint density at radius 1 is 1.22 bits per heavy atom. The molecular formula is C21H28N4O2. The first-order valence-corrected chi connectivity index (χ1v) is 9.99. The van der Waals surface area contributed by atoms with Crippen LogP contribution in [0.15, 0.2) is 24.3 Å². The van der Waals surface area contributed by atoms with Gasteiger partial charge >= 0.3 is 0 Å². The van der Waals surface area contributed by atoms with Crippen molar-refractivity contribution < 1.29 is 9.59 Å². The third-order valence-corrected chi connectivity index (χ3v) is 6.20. The molecule has 2 heterocycles. The molecule has 1 aliphatic heterocycles. The van der Waals surface area contributed by atoms with E-state index in [1.165, 1.54) is 19.3 Å². The SMILES string of the molecule is CN1CC(c2nc3ccccc3n2CC(=O)N(C)C2CCCCC2)CC1=O. The predicted molar refractivity (Wildman–Crippen MR) is 104 cm³/mol. The molecule has 1 aromatic carbocycles. The van der Waals surface area contributed by atoms with Crippen LogP contribution in [0, 0.1) is 0 Å². The van der Waals surface area contributed by atoms with Crippen LogP contribution in [0.4, 0.5) is 0 Å². The molecule has 1 saturated heterocycles. The molecule has 0 spiro atoms. The van der Waals surface area contributed by atoms with Gasteiger partial charge in [0.2, 0.25) is 11.8 Å². The summed E-state index contributed by atoms with van der Waals surface area (Å²) in [6, 6.07) is 8.28. The van der Waals surface area contributed by atoms with E-state index in [9.17, 15) is 9.59 Å². The standard InChI is InChI=1S/C21H28N4O2/c1-23-13-15(12-19(23)26)21-22-17-10-6-7-11-18(17)25(21)14-20(27)24(2)16-8-4-3-5-9-16/h6-7,10-11,15-16H,3-5,8-9,12-14H2,1-2H3. The van der Waals surface area contributed by atoms with Crippen molar-refractivity contribution in [2.24, 2.45) is 0 Å². The van der Waals surface area contributed by atoms with Crippen molar-refractivity contribution >= 4 is 22.8 Å². The molecule has 1 saturated carbocycles. The summed E-state index contributed by atoms with van der Waals surface area (Å²) in [5, 5.41) is 0. The third kappa shape index (κ3) is 3.45. The number of likely N-dealkylation sites (tertiary alicyclic amines) is 1. The maximum absolute atomic E-state index is 13.0. The van der Waals surface area contributed by atoms with Crippen LogP contribution in [-0.2, 0) is 16.1 Å². The van der Waals surface area contributed by atoms with Crippen LogP contribution in [0.25, 0.3) is 11.0 Å². The summed E-state index contributed by atoms with van der Waals surface area (Å²) in [5.74, 6) is 1.18. The molecule has 6 nitrogen and oxygen atoms in total. The number of para-hydroxylation sites is 2. The zero-order chi connectivity index (χ0) is 19.0. The first-order chi connectivity index (χ1) is 13.0. The lowest BCUT2D eigenvalue weighted by Gasteiger charge is -2.31. The van der Waals surface area contributed by atoms with E-state index in [4.69, 9.17) is 4.98 Å². The number of hydrogen-bond acceptors (Lipinski definition) is 3.